The molecule has 1 aromatic rings. The summed E-state index contributed by atoms with van der Waals surface area (Å²) in [5, 5.41) is 8.30. The van der Waals surface area contributed by atoms with Gasteiger partial charge in [-0.2, -0.15) is 0 Å². The van der Waals surface area contributed by atoms with E-state index in [1.807, 2.05) is 0 Å². The van der Waals surface area contributed by atoms with Crippen LogP contribution in [-0.4, -0.2) is 36.9 Å². The minimum absolute atomic E-state index is 0. The summed E-state index contributed by atoms with van der Waals surface area (Å²) in [5.74, 6) is -1.06. The van der Waals surface area contributed by atoms with Crippen LogP contribution in [0.25, 0.3) is 0 Å². The average Bonchev–Trinajstić information content (AvgIpc) is 3.00. The molecule has 22 heavy (non-hydrogen) atoms. The summed E-state index contributed by atoms with van der Waals surface area (Å²) in [5.41, 5.74) is 5.97. The number of benzene rings is 1. The van der Waals surface area contributed by atoms with Gasteiger partial charge in [-0.05, 0) is 43.7 Å². The number of halogens is 1. The summed E-state index contributed by atoms with van der Waals surface area (Å²) in [7, 11) is 0. The van der Waals surface area contributed by atoms with Crippen LogP contribution in [0.2, 0.25) is 0 Å². The molecule has 1 aliphatic heterocycles. The standard InChI is InChI=1S/C14H18N4O3.ClH/c15-12(19)8-17-13(20)9-3-5-10(6-4-9)18-14(21)11-2-1-7-16-11;/h3-6,11,16H,1-2,7-8H2,(H2,15,19)(H,17,20)(H,18,21);1H. The van der Waals surface area contributed by atoms with E-state index >= 15 is 0 Å². The number of rotatable bonds is 5. The second-order valence-electron chi connectivity index (χ2n) is 4.86. The van der Waals surface area contributed by atoms with Gasteiger partial charge in [0.15, 0.2) is 0 Å². The molecule has 8 heteroatoms. The molecule has 1 fully saturated rings. The maximum Gasteiger partial charge on any atom is 0.251 e. The van der Waals surface area contributed by atoms with E-state index in [1.54, 1.807) is 24.3 Å². The molecule has 0 spiro atoms. The Morgan fingerprint density at radius 1 is 1.23 bits per heavy atom. The highest BCUT2D eigenvalue weighted by Crippen LogP contribution is 2.12. The number of nitrogens with one attached hydrogen (secondary N) is 3. The predicted molar refractivity (Wildman–Crippen MR) is 84.9 cm³/mol. The van der Waals surface area contributed by atoms with Gasteiger partial charge < -0.3 is 21.7 Å². The van der Waals surface area contributed by atoms with Crippen LogP contribution < -0.4 is 21.7 Å². The van der Waals surface area contributed by atoms with Crippen LogP contribution >= 0.6 is 12.4 Å². The summed E-state index contributed by atoms with van der Waals surface area (Å²) in [6.07, 6.45) is 1.83. The topological polar surface area (TPSA) is 113 Å². The maximum absolute atomic E-state index is 11.9. The quantitative estimate of drug-likeness (QED) is 0.610. The minimum atomic E-state index is -0.601. The van der Waals surface area contributed by atoms with Gasteiger partial charge in [0.1, 0.15) is 0 Å². The van der Waals surface area contributed by atoms with Crippen LogP contribution in [0.1, 0.15) is 23.2 Å². The van der Waals surface area contributed by atoms with Crippen LogP contribution in [0, 0.1) is 0 Å². The van der Waals surface area contributed by atoms with E-state index in [0.717, 1.165) is 19.4 Å². The third kappa shape index (κ3) is 5.01. The molecular formula is C14H19ClN4O3. The van der Waals surface area contributed by atoms with E-state index in [-0.39, 0.29) is 36.8 Å². The monoisotopic (exact) mass is 326 g/mol. The van der Waals surface area contributed by atoms with Crippen molar-refractivity contribution in [2.45, 2.75) is 18.9 Å². The molecule has 120 valence electrons. The number of primary amides is 1. The molecule has 1 aromatic carbocycles. The second-order valence-corrected chi connectivity index (χ2v) is 4.86. The highest BCUT2D eigenvalue weighted by Gasteiger charge is 2.21. The van der Waals surface area contributed by atoms with Gasteiger partial charge in [-0.15, -0.1) is 12.4 Å². The SMILES string of the molecule is Cl.NC(=O)CNC(=O)c1ccc(NC(=O)C2CCCN2)cc1. The number of hydrogen-bond donors (Lipinski definition) is 4. The lowest BCUT2D eigenvalue weighted by atomic mass is 10.1. The lowest BCUT2D eigenvalue weighted by Gasteiger charge is -2.11. The first-order valence-corrected chi connectivity index (χ1v) is 6.77. The third-order valence-electron chi connectivity index (χ3n) is 3.21. The summed E-state index contributed by atoms with van der Waals surface area (Å²) >= 11 is 0. The fraction of sp³-hybridized carbons (Fsp3) is 0.357. The Balaban J connectivity index is 0.00000242. The van der Waals surface area contributed by atoms with Crippen molar-refractivity contribution in [1.82, 2.24) is 10.6 Å². The highest BCUT2D eigenvalue weighted by atomic mass is 35.5. The molecule has 1 atom stereocenters. The molecule has 0 aromatic heterocycles. The van der Waals surface area contributed by atoms with Crippen molar-refractivity contribution in [3.05, 3.63) is 29.8 Å². The second kappa shape index (κ2) is 8.35. The average molecular weight is 327 g/mol. The van der Waals surface area contributed by atoms with E-state index in [4.69, 9.17) is 5.73 Å². The van der Waals surface area contributed by atoms with Gasteiger partial charge >= 0.3 is 0 Å². The summed E-state index contributed by atoms with van der Waals surface area (Å²) < 4.78 is 0. The highest BCUT2D eigenvalue weighted by molar-refractivity contribution is 5.98. The molecule has 5 N–H and O–H groups in total. The number of anilines is 1. The van der Waals surface area contributed by atoms with E-state index < -0.39 is 5.91 Å². The molecule has 1 saturated heterocycles. The Kier molecular flexibility index (Phi) is 6.81. The van der Waals surface area contributed by atoms with Crippen molar-refractivity contribution in [2.24, 2.45) is 5.73 Å². The molecule has 2 rings (SSSR count). The number of hydrogen-bond acceptors (Lipinski definition) is 4. The van der Waals surface area contributed by atoms with Crippen molar-refractivity contribution in [3.63, 3.8) is 0 Å². The normalized spacial score (nSPS) is 16.5. The zero-order chi connectivity index (χ0) is 15.2. The van der Waals surface area contributed by atoms with Gasteiger partial charge in [0.2, 0.25) is 11.8 Å². The molecular weight excluding hydrogens is 308 g/mol. The summed E-state index contributed by atoms with van der Waals surface area (Å²) in [6.45, 7) is 0.654. The van der Waals surface area contributed by atoms with Crippen molar-refractivity contribution in [1.29, 1.82) is 0 Å². The van der Waals surface area contributed by atoms with Crippen LogP contribution in [-0.2, 0) is 9.59 Å². The van der Waals surface area contributed by atoms with E-state index in [1.165, 1.54) is 0 Å². The fourth-order valence-electron chi connectivity index (χ4n) is 2.11. The summed E-state index contributed by atoms with van der Waals surface area (Å²) in [4.78, 5) is 34.2. The molecule has 0 aliphatic carbocycles. The molecule has 1 unspecified atom stereocenters. The lowest BCUT2D eigenvalue weighted by molar-refractivity contribution is -0.118. The maximum atomic E-state index is 11.9. The van der Waals surface area contributed by atoms with E-state index in [0.29, 0.717) is 11.3 Å². The van der Waals surface area contributed by atoms with E-state index in [2.05, 4.69) is 16.0 Å². The molecule has 3 amide bonds. The van der Waals surface area contributed by atoms with Crippen molar-refractivity contribution < 1.29 is 14.4 Å². The fourth-order valence-corrected chi connectivity index (χ4v) is 2.11. The van der Waals surface area contributed by atoms with Gasteiger partial charge in [-0.25, -0.2) is 0 Å². The van der Waals surface area contributed by atoms with Crippen LogP contribution in [0.4, 0.5) is 5.69 Å². The van der Waals surface area contributed by atoms with Gasteiger partial charge in [-0.3, -0.25) is 14.4 Å². The zero-order valence-corrected chi connectivity index (χ0v) is 12.7. The molecule has 1 heterocycles. The van der Waals surface area contributed by atoms with Crippen LogP contribution in [0.15, 0.2) is 24.3 Å². The Morgan fingerprint density at radius 2 is 1.91 bits per heavy atom. The Bertz CT molecular complexity index is 542. The number of nitrogens with two attached hydrogens (primary N) is 1. The van der Waals surface area contributed by atoms with Crippen LogP contribution in [0.5, 0.6) is 0 Å². The van der Waals surface area contributed by atoms with Gasteiger partial charge in [0, 0.05) is 11.3 Å². The molecule has 7 nitrogen and oxygen atoms in total. The van der Waals surface area contributed by atoms with Crippen molar-refractivity contribution in [3.8, 4) is 0 Å². The summed E-state index contributed by atoms with van der Waals surface area (Å²) in [6, 6.07) is 6.30. The Labute approximate surface area is 134 Å². The first kappa shape index (κ1) is 17.9. The smallest absolute Gasteiger partial charge is 0.251 e. The number of amides is 3. The van der Waals surface area contributed by atoms with E-state index in [9.17, 15) is 14.4 Å². The number of carbonyl (C=O) groups excluding carboxylic acids is 3. The van der Waals surface area contributed by atoms with Gasteiger partial charge in [-0.1, -0.05) is 0 Å². The largest absolute Gasteiger partial charge is 0.368 e. The van der Waals surface area contributed by atoms with Gasteiger partial charge in [0.05, 0.1) is 12.6 Å². The zero-order valence-electron chi connectivity index (χ0n) is 11.9. The minimum Gasteiger partial charge on any atom is -0.368 e. The number of carbonyl (C=O) groups is 3. The molecule has 0 radical (unpaired) electrons. The lowest BCUT2D eigenvalue weighted by Crippen LogP contribution is -2.35. The first-order chi connectivity index (χ1) is 10.1. The third-order valence-corrected chi connectivity index (χ3v) is 3.21. The molecule has 1 aliphatic rings. The molecule has 0 bridgehead atoms. The Hall–Kier alpha value is -2.12. The molecule has 0 saturated carbocycles. The van der Waals surface area contributed by atoms with Crippen molar-refractivity contribution >= 4 is 35.8 Å². The van der Waals surface area contributed by atoms with Crippen LogP contribution in [0.3, 0.4) is 0 Å². The Morgan fingerprint density at radius 3 is 2.45 bits per heavy atom. The van der Waals surface area contributed by atoms with Crippen molar-refractivity contribution in [2.75, 3.05) is 18.4 Å². The predicted octanol–water partition coefficient (Wildman–Crippen LogP) is 0.0140. The first-order valence-electron chi connectivity index (χ1n) is 6.77. The van der Waals surface area contributed by atoms with Gasteiger partial charge in [0.25, 0.3) is 5.91 Å².